The maximum Gasteiger partial charge on any atom is 0.310 e. The van der Waals surface area contributed by atoms with Crippen LogP contribution in [0.25, 0.3) is 0 Å². The fourth-order valence-corrected chi connectivity index (χ4v) is 3.20. The van der Waals surface area contributed by atoms with E-state index < -0.39 is 11.4 Å². The number of hydrogen-bond acceptors (Lipinski definition) is 2. The summed E-state index contributed by atoms with van der Waals surface area (Å²) in [6.07, 6.45) is 3.88. The van der Waals surface area contributed by atoms with Crippen molar-refractivity contribution < 1.29 is 9.90 Å². The van der Waals surface area contributed by atoms with Crippen LogP contribution in [0.1, 0.15) is 44.0 Å². The second-order valence-corrected chi connectivity index (χ2v) is 6.29. The molecule has 0 aromatic carbocycles. The fourth-order valence-electron chi connectivity index (χ4n) is 2.97. The number of carbonyl (C=O) groups is 1. The summed E-state index contributed by atoms with van der Waals surface area (Å²) in [5.74, 6) is -0.0782. The van der Waals surface area contributed by atoms with E-state index in [2.05, 4.69) is 12.0 Å². The Hall–Kier alpha value is -1.03. The first-order valence-corrected chi connectivity index (χ1v) is 7.15. The van der Waals surface area contributed by atoms with Crippen LogP contribution in [0.4, 0.5) is 0 Å². The number of carboxylic acids is 1. The van der Waals surface area contributed by atoms with Crippen LogP contribution < -0.4 is 0 Å². The molecule has 0 radical (unpaired) electrons. The first kappa shape index (κ1) is 14.4. The number of nitrogens with zero attached hydrogens (tertiary/aromatic N) is 2. The molecule has 1 aliphatic carbocycles. The molecule has 1 fully saturated rings. The van der Waals surface area contributed by atoms with Crippen molar-refractivity contribution in [2.24, 2.45) is 18.4 Å². The van der Waals surface area contributed by atoms with Crippen LogP contribution in [-0.2, 0) is 18.3 Å². The number of halogens is 1. The van der Waals surface area contributed by atoms with Gasteiger partial charge in [0.2, 0.25) is 0 Å². The summed E-state index contributed by atoms with van der Waals surface area (Å²) in [7, 11) is 1.83. The molecule has 0 atom stereocenters. The molecule has 0 spiro atoms. The Morgan fingerprint density at radius 1 is 1.53 bits per heavy atom. The van der Waals surface area contributed by atoms with Gasteiger partial charge in [-0.1, -0.05) is 18.5 Å². The molecule has 0 aliphatic heterocycles. The van der Waals surface area contributed by atoms with Gasteiger partial charge in [-0.05, 0) is 38.5 Å². The van der Waals surface area contributed by atoms with E-state index in [1.54, 1.807) is 4.68 Å². The Balaban J connectivity index is 2.29. The van der Waals surface area contributed by atoms with Crippen molar-refractivity contribution >= 4 is 17.6 Å². The summed E-state index contributed by atoms with van der Waals surface area (Å²) in [4.78, 5) is 11.7. The maximum atomic E-state index is 11.7. The summed E-state index contributed by atoms with van der Waals surface area (Å²) in [5, 5.41) is 14.5. The molecule has 1 saturated carbocycles. The van der Waals surface area contributed by atoms with Gasteiger partial charge >= 0.3 is 5.97 Å². The van der Waals surface area contributed by atoms with E-state index in [9.17, 15) is 9.90 Å². The summed E-state index contributed by atoms with van der Waals surface area (Å²) >= 11 is 6.25. The third-order valence-corrected chi connectivity index (χ3v) is 4.94. The van der Waals surface area contributed by atoms with Gasteiger partial charge in [-0.3, -0.25) is 9.48 Å². The molecule has 106 valence electrons. The zero-order chi connectivity index (χ0) is 14.2. The summed E-state index contributed by atoms with van der Waals surface area (Å²) in [5.41, 5.74) is 0.941. The van der Waals surface area contributed by atoms with Gasteiger partial charge in [0.25, 0.3) is 0 Å². The monoisotopic (exact) mass is 284 g/mol. The first-order chi connectivity index (χ1) is 8.85. The summed E-state index contributed by atoms with van der Waals surface area (Å²) in [6, 6.07) is 0. The van der Waals surface area contributed by atoms with Gasteiger partial charge in [-0.15, -0.1) is 0 Å². The highest BCUT2D eigenvalue weighted by molar-refractivity contribution is 6.31. The molecule has 1 N–H and O–H groups in total. The predicted molar refractivity (Wildman–Crippen MR) is 74.4 cm³/mol. The van der Waals surface area contributed by atoms with E-state index in [1.807, 2.05) is 14.0 Å². The predicted octanol–water partition coefficient (Wildman–Crippen LogP) is 3.21. The number of aryl methyl sites for hydroxylation is 2. The number of aromatic nitrogens is 2. The van der Waals surface area contributed by atoms with Crippen molar-refractivity contribution in [3.05, 3.63) is 16.4 Å². The van der Waals surface area contributed by atoms with Crippen molar-refractivity contribution in [2.45, 2.75) is 46.0 Å². The van der Waals surface area contributed by atoms with Gasteiger partial charge in [0.15, 0.2) is 0 Å². The van der Waals surface area contributed by atoms with E-state index in [0.717, 1.165) is 37.1 Å². The third kappa shape index (κ3) is 2.64. The minimum Gasteiger partial charge on any atom is -0.481 e. The lowest BCUT2D eigenvalue weighted by Gasteiger charge is -2.35. The molecule has 1 aromatic rings. The van der Waals surface area contributed by atoms with Crippen LogP contribution in [0.2, 0.25) is 5.02 Å². The standard InChI is InChI=1S/C14H21ClN2O2/c1-9-4-6-14(7-5-9,13(18)19)8-11-12(15)10(2)16-17(11)3/h9H,4-8H2,1-3H3,(H,18,19). The average molecular weight is 285 g/mol. The van der Waals surface area contributed by atoms with Crippen molar-refractivity contribution in [1.29, 1.82) is 0 Å². The number of aliphatic carboxylic acids is 1. The molecule has 19 heavy (non-hydrogen) atoms. The van der Waals surface area contributed by atoms with Crippen LogP contribution in [0.5, 0.6) is 0 Å². The van der Waals surface area contributed by atoms with Crippen LogP contribution in [0, 0.1) is 18.3 Å². The van der Waals surface area contributed by atoms with Crippen molar-refractivity contribution in [1.82, 2.24) is 9.78 Å². The van der Waals surface area contributed by atoms with Crippen molar-refractivity contribution in [3.63, 3.8) is 0 Å². The maximum absolute atomic E-state index is 11.7. The van der Waals surface area contributed by atoms with Crippen LogP contribution in [0.3, 0.4) is 0 Å². The normalized spacial score (nSPS) is 27.5. The highest BCUT2D eigenvalue weighted by Crippen LogP contribution is 2.42. The Kier molecular flexibility index (Phi) is 3.90. The molecule has 0 unspecified atom stereocenters. The molecule has 1 aromatic heterocycles. The molecule has 1 heterocycles. The second-order valence-electron chi connectivity index (χ2n) is 5.91. The average Bonchev–Trinajstić information content (AvgIpc) is 2.58. The lowest BCUT2D eigenvalue weighted by atomic mass is 9.68. The smallest absolute Gasteiger partial charge is 0.310 e. The van der Waals surface area contributed by atoms with Gasteiger partial charge in [0.1, 0.15) is 0 Å². The lowest BCUT2D eigenvalue weighted by molar-refractivity contribution is -0.151. The van der Waals surface area contributed by atoms with Crippen LogP contribution in [-0.4, -0.2) is 20.9 Å². The van der Waals surface area contributed by atoms with Gasteiger partial charge in [-0.2, -0.15) is 5.10 Å². The molecule has 0 amide bonds. The highest BCUT2D eigenvalue weighted by atomic mass is 35.5. The fraction of sp³-hybridized carbons (Fsp3) is 0.714. The van der Waals surface area contributed by atoms with Gasteiger partial charge < -0.3 is 5.11 Å². The Bertz CT molecular complexity index is 488. The first-order valence-electron chi connectivity index (χ1n) is 6.77. The van der Waals surface area contributed by atoms with E-state index in [4.69, 9.17) is 11.6 Å². The third-order valence-electron chi connectivity index (χ3n) is 4.45. The van der Waals surface area contributed by atoms with Crippen molar-refractivity contribution in [2.75, 3.05) is 0 Å². The molecule has 0 bridgehead atoms. The van der Waals surface area contributed by atoms with E-state index in [1.165, 1.54) is 0 Å². The van der Waals surface area contributed by atoms with Crippen LogP contribution in [0.15, 0.2) is 0 Å². The second kappa shape index (κ2) is 5.16. The molecule has 5 heteroatoms. The Morgan fingerprint density at radius 2 is 2.11 bits per heavy atom. The van der Waals surface area contributed by atoms with Gasteiger partial charge in [0, 0.05) is 13.5 Å². The molecule has 1 aliphatic rings. The molecular weight excluding hydrogens is 264 g/mol. The summed E-state index contributed by atoms with van der Waals surface area (Å²) in [6.45, 7) is 4.04. The van der Waals surface area contributed by atoms with Gasteiger partial charge in [0.05, 0.1) is 21.8 Å². The molecule has 2 rings (SSSR count). The highest BCUT2D eigenvalue weighted by Gasteiger charge is 2.42. The lowest BCUT2D eigenvalue weighted by Crippen LogP contribution is -2.37. The zero-order valence-corrected chi connectivity index (χ0v) is 12.5. The minimum absolute atomic E-state index is 0.477. The SMILES string of the molecule is Cc1nn(C)c(CC2(C(=O)O)CCC(C)CC2)c1Cl. The minimum atomic E-state index is -0.700. The largest absolute Gasteiger partial charge is 0.481 e. The van der Waals surface area contributed by atoms with Crippen molar-refractivity contribution in [3.8, 4) is 0 Å². The topological polar surface area (TPSA) is 55.1 Å². The van der Waals surface area contributed by atoms with E-state index in [-0.39, 0.29) is 0 Å². The molecule has 4 nitrogen and oxygen atoms in total. The van der Waals surface area contributed by atoms with E-state index in [0.29, 0.717) is 17.4 Å². The number of rotatable bonds is 3. The molecule has 0 saturated heterocycles. The van der Waals surface area contributed by atoms with Crippen LogP contribution >= 0.6 is 11.6 Å². The number of hydrogen-bond donors (Lipinski definition) is 1. The zero-order valence-electron chi connectivity index (χ0n) is 11.7. The van der Waals surface area contributed by atoms with Gasteiger partial charge in [-0.25, -0.2) is 0 Å². The Morgan fingerprint density at radius 3 is 2.53 bits per heavy atom. The molecular formula is C14H21ClN2O2. The summed E-state index contributed by atoms with van der Waals surface area (Å²) < 4.78 is 1.72. The number of carboxylic acid groups (broad SMARTS) is 1. The Labute approximate surface area is 118 Å². The van der Waals surface area contributed by atoms with E-state index >= 15 is 0 Å². The quantitative estimate of drug-likeness (QED) is 0.927.